The molecule has 0 N–H and O–H groups in total. The number of ether oxygens (including phenoxy) is 1. The van der Waals surface area contributed by atoms with Crippen molar-refractivity contribution in [3.8, 4) is 0 Å². The number of halogens is 1. The maximum absolute atomic E-state index is 13.5. The molecule has 3 aromatic rings. The van der Waals surface area contributed by atoms with Gasteiger partial charge in [0.2, 0.25) is 5.91 Å². The highest BCUT2D eigenvalue weighted by molar-refractivity contribution is 7.90. The smallest absolute Gasteiger partial charge is 0.242 e. The fourth-order valence-corrected chi connectivity index (χ4v) is 5.71. The van der Waals surface area contributed by atoms with Gasteiger partial charge in [0.25, 0.3) is 0 Å². The molecule has 0 bridgehead atoms. The van der Waals surface area contributed by atoms with E-state index in [-0.39, 0.29) is 35.3 Å². The van der Waals surface area contributed by atoms with Crippen molar-refractivity contribution in [1.29, 1.82) is 0 Å². The normalized spacial score (nSPS) is 19.6. The van der Waals surface area contributed by atoms with E-state index in [1.54, 1.807) is 33.7 Å². The van der Waals surface area contributed by atoms with Crippen molar-refractivity contribution in [2.24, 2.45) is 0 Å². The van der Waals surface area contributed by atoms with Gasteiger partial charge in [0, 0.05) is 30.2 Å². The Bertz CT molecular complexity index is 1210. The molecule has 2 heterocycles. The van der Waals surface area contributed by atoms with E-state index in [4.69, 9.17) is 4.74 Å². The minimum Gasteiger partial charge on any atom is -0.372 e. The van der Waals surface area contributed by atoms with Crippen LogP contribution < -0.4 is 0 Å². The first kappa shape index (κ1) is 21.5. The Morgan fingerprint density at radius 1 is 1.10 bits per heavy atom. The molecule has 4 rings (SSSR count). The van der Waals surface area contributed by atoms with Gasteiger partial charge in [0.05, 0.1) is 22.9 Å². The number of morpholine rings is 1. The summed E-state index contributed by atoms with van der Waals surface area (Å²) in [6, 6.07) is 12.7. The molecule has 0 saturated carbocycles. The lowest BCUT2D eigenvalue weighted by molar-refractivity contribution is -0.143. The number of fused-ring (bicyclic) bond motifs is 1. The van der Waals surface area contributed by atoms with E-state index in [1.807, 2.05) is 19.9 Å². The summed E-state index contributed by atoms with van der Waals surface area (Å²) in [7, 11) is -3.75. The summed E-state index contributed by atoms with van der Waals surface area (Å²) in [6.07, 6.45) is 1.43. The average Bonchev–Trinajstić information content (AvgIpc) is 3.06. The van der Waals surface area contributed by atoms with E-state index in [0.29, 0.717) is 29.6 Å². The van der Waals surface area contributed by atoms with Gasteiger partial charge >= 0.3 is 0 Å². The minimum absolute atomic E-state index is 0.0371. The third-order valence-corrected chi connectivity index (χ3v) is 7.12. The van der Waals surface area contributed by atoms with Gasteiger partial charge < -0.3 is 14.2 Å². The molecule has 1 fully saturated rings. The Morgan fingerprint density at radius 3 is 2.52 bits per heavy atom. The zero-order chi connectivity index (χ0) is 22.2. The van der Waals surface area contributed by atoms with Crippen molar-refractivity contribution in [2.75, 3.05) is 13.1 Å². The van der Waals surface area contributed by atoms with E-state index < -0.39 is 15.7 Å². The van der Waals surface area contributed by atoms with Gasteiger partial charge in [-0.05, 0) is 37.6 Å². The lowest BCUT2D eigenvalue weighted by Gasteiger charge is -2.35. The minimum atomic E-state index is -3.75. The van der Waals surface area contributed by atoms with Crippen LogP contribution in [0.15, 0.2) is 59.6 Å². The van der Waals surface area contributed by atoms with Gasteiger partial charge in [-0.1, -0.05) is 30.3 Å². The number of nitrogens with zero attached hydrogens (tertiary/aromatic N) is 2. The van der Waals surface area contributed by atoms with Gasteiger partial charge in [-0.15, -0.1) is 0 Å². The Labute approximate surface area is 181 Å². The van der Waals surface area contributed by atoms with E-state index in [9.17, 15) is 17.6 Å². The number of hydrogen-bond donors (Lipinski definition) is 0. The van der Waals surface area contributed by atoms with Crippen molar-refractivity contribution in [2.45, 2.75) is 43.2 Å². The van der Waals surface area contributed by atoms with Crippen LogP contribution in [0.1, 0.15) is 19.4 Å². The second kappa shape index (κ2) is 8.43. The molecule has 1 aliphatic rings. The number of rotatable bonds is 5. The maximum Gasteiger partial charge on any atom is 0.242 e. The maximum atomic E-state index is 13.5. The van der Waals surface area contributed by atoms with Crippen LogP contribution in [0.4, 0.5) is 4.39 Å². The highest BCUT2D eigenvalue weighted by atomic mass is 32.2. The molecule has 1 aromatic heterocycles. The van der Waals surface area contributed by atoms with Crippen LogP contribution in [0.3, 0.4) is 0 Å². The van der Waals surface area contributed by atoms with Gasteiger partial charge in [-0.2, -0.15) is 0 Å². The van der Waals surface area contributed by atoms with E-state index in [1.165, 1.54) is 24.4 Å². The zero-order valence-corrected chi connectivity index (χ0v) is 18.3. The fraction of sp³-hybridized carbons (Fsp3) is 0.348. The molecule has 6 nitrogen and oxygen atoms in total. The molecule has 164 valence electrons. The summed E-state index contributed by atoms with van der Waals surface area (Å²) in [6.45, 7) is 4.91. The van der Waals surface area contributed by atoms with Crippen molar-refractivity contribution in [3.63, 3.8) is 0 Å². The fourth-order valence-electron chi connectivity index (χ4n) is 4.14. The predicted octanol–water partition coefficient (Wildman–Crippen LogP) is 3.39. The van der Waals surface area contributed by atoms with Crippen molar-refractivity contribution in [1.82, 2.24) is 9.47 Å². The molecule has 0 radical (unpaired) electrons. The monoisotopic (exact) mass is 444 g/mol. The summed E-state index contributed by atoms with van der Waals surface area (Å²) in [4.78, 5) is 14.8. The molecule has 1 saturated heterocycles. The molecule has 0 aliphatic carbocycles. The predicted molar refractivity (Wildman–Crippen MR) is 116 cm³/mol. The van der Waals surface area contributed by atoms with E-state index in [2.05, 4.69) is 0 Å². The standard InChI is InChI=1S/C23H25FN2O4S/c1-16-11-26(12-17(2)30-16)23(27)14-25-13-22(20-8-3-4-9-21(20)25)31(28,29)15-18-6-5-7-19(24)10-18/h3-10,13,16-17H,11-12,14-15H2,1-2H3/t16-,17-/m0/s1. The number of para-hydroxylation sites is 1. The molecule has 2 atom stereocenters. The van der Waals surface area contributed by atoms with Gasteiger partial charge in [0.1, 0.15) is 12.4 Å². The molecule has 0 unspecified atom stereocenters. The summed E-state index contributed by atoms with van der Waals surface area (Å²) < 4.78 is 47.2. The van der Waals surface area contributed by atoms with E-state index >= 15 is 0 Å². The summed E-state index contributed by atoms with van der Waals surface area (Å²) in [5.41, 5.74) is 1.05. The van der Waals surface area contributed by atoms with E-state index in [0.717, 1.165) is 0 Å². The first-order valence-corrected chi connectivity index (χ1v) is 11.9. The largest absolute Gasteiger partial charge is 0.372 e. The summed E-state index contributed by atoms with van der Waals surface area (Å²) >= 11 is 0. The van der Waals surface area contributed by atoms with Crippen molar-refractivity contribution >= 4 is 26.6 Å². The first-order chi connectivity index (χ1) is 14.7. The van der Waals surface area contributed by atoms with Crippen LogP contribution in [0.25, 0.3) is 10.9 Å². The first-order valence-electron chi connectivity index (χ1n) is 10.2. The van der Waals surface area contributed by atoms with Crippen molar-refractivity contribution in [3.05, 3.63) is 66.1 Å². The number of benzene rings is 2. The third kappa shape index (κ3) is 4.65. The lowest BCUT2D eigenvalue weighted by atomic mass is 10.2. The van der Waals surface area contributed by atoms with Crippen LogP contribution in [0, 0.1) is 5.82 Å². The average molecular weight is 445 g/mol. The molecule has 31 heavy (non-hydrogen) atoms. The number of hydrogen-bond acceptors (Lipinski definition) is 4. The number of aromatic nitrogens is 1. The van der Waals surface area contributed by atoms with Crippen LogP contribution in [-0.4, -0.2) is 49.1 Å². The van der Waals surface area contributed by atoms with Crippen LogP contribution in [0.2, 0.25) is 0 Å². The zero-order valence-electron chi connectivity index (χ0n) is 17.5. The van der Waals surface area contributed by atoms with Crippen LogP contribution >= 0.6 is 0 Å². The van der Waals surface area contributed by atoms with Crippen LogP contribution in [-0.2, 0) is 31.7 Å². The van der Waals surface area contributed by atoms with Crippen molar-refractivity contribution < 1.29 is 22.3 Å². The van der Waals surface area contributed by atoms with Gasteiger partial charge in [-0.3, -0.25) is 4.79 Å². The van der Waals surface area contributed by atoms with Gasteiger partial charge in [0.15, 0.2) is 9.84 Å². The summed E-state index contributed by atoms with van der Waals surface area (Å²) in [5.74, 6) is -0.878. The quantitative estimate of drug-likeness (QED) is 0.605. The Kier molecular flexibility index (Phi) is 5.85. The number of amides is 1. The molecule has 1 aliphatic heterocycles. The second-order valence-corrected chi connectivity index (χ2v) is 10.0. The Morgan fingerprint density at radius 2 is 1.81 bits per heavy atom. The highest BCUT2D eigenvalue weighted by Crippen LogP contribution is 2.28. The Hall–Kier alpha value is -2.71. The Balaban J connectivity index is 1.65. The topological polar surface area (TPSA) is 68.6 Å². The summed E-state index contributed by atoms with van der Waals surface area (Å²) in [5, 5.41) is 0.551. The molecule has 2 aromatic carbocycles. The highest BCUT2D eigenvalue weighted by Gasteiger charge is 2.27. The van der Waals surface area contributed by atoms with Crippen LogP contribution in [0.5, 0.6) is 0 Å². The number of carbonyl (C=O) groups is 1. The molecule has 0 spiro atoms. The van der Waals surface area contributed by atoms with Gasteiger partial charge in [-0.25, -0.2) is 12.8 Å². The third-order valence-electron chi connectivity index (χ3n) is 5.41. The number of carbonyl (C=O) groups excluding carboxylic acids is 1. The number of sulfone groups is 1. The SMILES string of the molecule is C[C@H]1CN(C(=O)Cn2cc(S(=O)(=O)Cc3cccc(F)c3)c3ccccc32)C[C@H](C)O1. The molecule has 1 amide bonds. The molecule has 8 heteroatoms. The lowest BCUT2D eigenvalue weighted by Crippen LogP contribution is -2.49. The second-order valence-electron chi connectivity index (χ2n) is 8.08. The molecular weight excluding hydrogens is 419 g/mol. The molecular formula is C23H25FN2O4S.